The molecule has 23 heavy (non-hydrogen) atoms. The van der Waals surface area contributed by atoms with Gasteiger partial charge < -0.3 is 4.98 Å². The fourth-order valence-corrected chi connectivity index (χ4v) is 3.57. The second-order valence-electron chi connectivity index (χ2n) is 6.79. The lowest BCUT2D eigenvalue weighted by Gasteiger charge is -2.27. The zero-order valence-corrected chi connectivity index (χ0v) is 13.1. The molecule has 0 saturated heterocycles. The number of hydrogen-bond acceptors (Lipinski definition) is 3. The molecule has 0 unspecified atom stereocenters. The predicted molar refractivity (Wildman–Crippen MR) is 90.1 cm³/mol. The minimum Gasteiger partial charge on any atom is -0.361 e. The molecule has 1 aromatic carbocycles. The lowest BCUT2D eigenvalue weighted by molar-refractivity contribution is 0.243. The second kappa shape index (κ2) is 5.17. The Morgan fingerprint density at radius 2 is 2.13 bits per heavy atom. The van der Waals surface area contributed by atoms with Crippen LogP contribution < -0.4 is 0 Å². The van der Waals surface area contributed by atoms with E-state index in [9.17, 15) is 0 Å². The third-order valence-corrected chi connectivity index (χ3v) is 5.04. The third-order valence-electron chi connectivity index (χ3n) is 5.04. The minimum atomic E-state index is 0.643. The Kier molecular flexibility index (Phi) is 2.98. The number of rotatable bonds is 3. The highest BCUT2D eigenvalue weighted by atomic mass is 15.1. The summed E-state index contributed by atoms with van der Waals surface area (Å²) in [6.45, 7) is 3.02. The molecule has 4 heteroatoms. The smallest absolute Gasteiger partial charge is 0.131 e. The van der Waals surface area contributed by atoms with Gasteiger partial charge in [0.05, 0.1) is 0 Å². The van der Waals surface area contributed by atoms with Crippen LogP contribution in [0.3, 0.4) is 0 Å². The first-order valence-electron chi connectivity index (χ1n) is 8.49. The fourth-order valence-electron chi connectivity index (χ4n) is 3.57. The first-order valence-corrected chi connectivity index (χ1v) is 8.49. The molecule has 4 nitrogen and oxygen atoms in total. The van der Waals surface area contributed by atoms with Crippen molar-refractivity contribution in [2.24, 2.45) is 0 Å². The van der Waals surface area contributed by atoms with Crippen LogP contribution in [0.25, 0.3) is 10.9 Å². The van der Waals surface area contributed by atoms with E-state index >= 15 is 0 Å². The van der Waals surface area contributed by atoms with E-state index in [1.54, 1.807) is 0 Å². The Morgan fingerprint density at radius 3 is 3.04 bits per heavy atom. The SMILES string of the molecule is c1ccc2c(CN3CCc4nc(C5CC5)ncc4C3)c[nH]c2c1. The first-order chi connectivity index (χ1) is 11.4. The molecule has 3 aromatic rings. The summed E-state index contributed by atoms with van der Waals surface area (Å²) in [7, 11) is 0. The van der Waals surface area contributed by atoms with Crippen molar-refractivity contribution >= 4 is 10.9 Å². The van der Waals surface area contributed by atoms with Gasteiger partial charge in [-0.15, -0.1) is 0 Å². The molecule has 0 atom stereocenters. The molecule has 0 spiro atoms. The van der Waals surface area contributed by atoms with Gasteiger partial charge in [-0.1, -0.05) is 18.2 Å². The number of nitrogens with zero attached hydrogens (tertiary/aromatic N) is 3. The van der Waals surface area contributed by atoms with Crippen LogP contribution in [0.1, 0.15) is 41.4 Å². The second-order valence-corrected chi connectivity index (χ2v) is 6.79. The molecular formula is C19H20N4. The summed E-state index contributed by atoms with van der Waals surface area (Å²) in [6, 6.07) is 8.52. The summed E-state index contributed by atoms with van der Waals surface area (Å²) in [4.78, 5) is 15.3. The summed E-state index contributed by atoms with van der Waals surface area (Å²) < 4.78 is 0. The Morgan fingerprint density at radius 1 is 1.22 bits per heavy atom. The van der Waals surface area contributed by atoms with E-state index in [2.05, 4.69) is 51.5 Å². The topological polar surface area (TPSA) is 44.8 Å². The van der Waals surface area contributed by atoms with Crippen LogP contribution in [0.4, 0.5) is 0 Å². The van der Waals surface area contributed by atoms with Crippen LogP contribution in [0.2, 0.25) is 0 Å². The monoisotopic (exact) mass is 304 g/mol. The van der Waals surface area contributed by atoms with E-state index in [0.717, 1.165) is 31.9 Å². The highest BCUT2D eigenvalue weighted by Crippen LogP contribution is 2.38. The molecule has 1 aliphatic heterocycles. The molecule has 0 radical (unpaired) electrons. The van der Waals surface area contributed by atoms with E-state index in [-0.39, 0.29) is 0 Å². The number of aromatic amines is 1. The zero-order chi connectivity index (χ0) is 15.2. The average Bonchev–Trinajstić information content (AvgIpc) is 3.37. The van der Waals surface area contributed by atoms with Crippen molar-refractivity contribution in [3.8, 4) is 0 Å². The summed E-state index contributed by atoms with van der Waals surface area (Å²) in [6.07, 6.45) is 7.79. The third kappa shape index (κ3) is 2.43. The number of fused-ring (bicyclic) bond motifs is 2. The predicted octanol–water partition coefficient (Wildman–Crippen LogP) is 3.39. The van der Waals surface area contributed by atoms with E-state index in [4.69, 9.17) is 4.98 Å². The molecule has 3 heterocycles. The van der Waals surface area contributed by atoms with Gasteiger partial charge in [0.1, 0.15) is 5.82 Å². The number of aromatic nitrogens is 3. The summed E-state index contributed by atoms with van der Waals surface area (Å²) in [5, 5.41) is 1.33. The maximum atomic E-state index is 4.81. The molecule has 1 N–H and O–H groups in total. The Labute approximate surface area is 135 Å². The summed E-state index contributed by atoms with van der Waals surface area (Å²) in [5.41, 5.74) is 5.18. The van der Waals surface area contributed by atoms with Crippen molar-refractivity contribution in [3.63, 3.8) is 0 Å². The van der Waals surface area contributed by atoms with Crippen LogP contribution >= 0.6 is 0 Å². The van der Waals surface area contributed by atoms with Gasteiger partial charge in [0.15, 0.2) is 0 Å². The van der Waals surface area contributed by atoms with Crippen molar-refractivity contribution < 1.29 is 0 Å². The van der Waals surface area contributed by atoms with Crippen LogP contribution in [0, 0.1) is 0 Å². The van der Waals surface area contributed by atoms with Gasteiger partial charge in [0.2, 0.25) is 0 Å². The van der Waals surface area contributed by atoms with Gasteiger partial charge in [-0.25, -0.2) is 9.97 Å². The molecule has 0 bridgehead atoms. The van der Waals surface area contributed by atoms with Crippen molar-refractivity contribution in [2.45, 2.75) is 38.3 Å². The average molecular weight is 304 g/mol. The molecule has 2 aromatic heterocycles. The van der Waals surface area contributed by atoms with Crippen molar-refractivity contribution in [1.82, 2.24) is 19.9 Å². The number of benzene rings is 1. The molecule has 1 saturated carbocycles. The molecular weight excluding hydrogens is 284 g/mol. The van der Waals surface area contributed by atoms with E-state index in [0.29, 0.717) is 5.92 Å². The van der Waals surface area contributed by atoms with Crippen LogP contribution in [-0.4, -0.2) is 26.4 Å². The highest BCUT2D eigenvalue weighted by Gasteiger charge is 2.28. The van der Waals surface area contributed by atoms with E-state index < -0.39 is 0 Å². The number of para-hydroxylation sites is 1. The Balaban J connectivity index is 1.37. The summed E-state index contributed by atoms with van der Waals surface area (Å²) >= 11 is 0. The Hall–Kier alpha value is -2.20. The maximum Gasteiger partial charge on any atom is 0.131 e. The highest BCUT2D eigenvalue weighted by molar-refractivity contribution is 5.82. The summed E-state index contributed by atoms with van der Waals surface area (Å²) in [5.74, 6) is 1.72. The normalized spacial score (nSPS) is 18.3. The van der Waals surface area contributed by atoms with E-state index in [1.807, 2.05) is 0 Å². The van der Waals surface area contributed by atoms with Gasteiger partial charge in [-0.2, -0.15) is 0 Å². The molecule has 5 rings (SSSR count). The molecule has 116 valence electrons. The van der Waals surface area contributed by atoms with Crippen molar-refractivity contribution in [2.75, 3.05) is 6.54 Å². The first kappa shape index (κ1) is 13.3. The van der Waals surface area contributed by atoms with Crippen molar-refractivity contribution in [3.05, 3.63) is 59.3 Å². The maximum absolute atomic E-state index is 4.81. The van der Waals surface area contributed by atoms with Gasteiger partial charge in [0.25, 0.3) is 0 Å². The number of H-pyrrole nitrogens is 1. The molecule has 1 fully saturated rings. The van der Waals surface area contributed by atoms with Crippen molar-refractivity contribution in [1.29, 1.82) is 0 Å². The van der Waals surface area contributed by atoms with E-state index in [1.165, 1.54) is 40.6 Å². The lowest BCUT2D eigenvalue weighted by atomic mass is 10.1. The van der Waals surface area contributed by atoms with Crippen LogP contribution in [0.5, 0.6) is 0 Å². The molecule has 2 aliphatic rings. The van der Waals surface area contributed by atoms with Gasteiger partial charge in [0, 0.05) is 66.5 Å². The van der Waals surface area contributed by atoms with Gasteiger partial charge >= 0.3 is 0 Å². The fraction of sp³-hybridized carbons (Fsp3) is 0.368. The van der Waals surface area contributed by atoms with Crippen LogP contribution in [0.15, 0.2) is 36.7 Å². The van der Waals surface area contributed by atoms with Gasteiger partial charge in [-0.05, 0) is 24.5 Å². The largest absolute Gasteiger partial charge is 0.361 e. The van der Waals surface area contributed by atoms with Crippen LogP contribution in [-0.2, 0) is 19.5 Å². The molecule has 1 aliphatic carbocycles. The molecule has 0 amide bonds. The zero-order valence-electron chi connectivity index (χ0n) is 13.1. The standard InChI is InChI=1S/C19H20N4/c1-2-4-18-16(3-1)14(9-20-18)11-23-8-7-17-15(12-23)10-21-19(22-17)13-5-6-13/h1-4,9-10,13,20H,5-8,11-12H2. The van der Waals surface area contributed by atoms with Gasteiger partial charge in [-0.3, -0.25) is 4.90 Å². The minimum absolute atomic E-state index is 0.643. The Bertz CT molecular complexity index is 863. The number of nitrogens with one attached hydrogen (secondary N) is 1. The number of hydrogen-bond donors (Lipinski definition) is 1. The lowest BCUT2D eigenvalue weighted by Crippen LogP contribution is -2.31. The quantitative estimate of drug-likeness (QED) is 0.806.